The van der Waals surface area contributed by atoms with Gasteiger partial charge in [0.15, 0.2) is 0 Å². The molecule has 2 aliphatic heterocycles. The summed E-state index contributed by atoms with van der Waals surface area (Å²) in [7, 11) is 2.20. The van der Waals surface area contributed by atoms with Crippen molar-refractivity contribution in [1.29, 1.82) is 0 Å². The van der Waals surface area contributed by atoms with Crippen molar-refractivity contribution in [3.63, 3.8) is 0 Å². The standard InChI is InChI=1S/C20H26N4O/c1-22-11-5-9-18(22)19-10-6-12-23(19)20(25)13-16-14-21-24(15-16)17-7-3-2-4-8-17/h2-4,7-8,14-15,18-19H,5-6,9-13H2,1H3/t18-,19+/m1/s1. The van der Waals surface area contributed by atoms with Crippen molar-refractivity contribution in [3.05, 3.63) is 48.3 Å². The number of carbonyl (C=O) groups is 1. The number of hydrogen-bond acceptors (Lipinski definition) is 3. The number of hydrogen-bond donors (Lipinski definition) is 0. The first kappa shape index (κ1) is 16.3. The van der Waals surface area contributed by atoms with Gasteiger partial charge in [-0.3, -0.25) is 4.79 Å². The number of aromatic nitrogens is 2. The van der Waals surface area contributed by atoms with Gasteiger partial charge in [-0.1, -0.05) is 18.2 Å². The van der Waals surface area contributed by atoms with E-state index in [9.17, 15) is 4.79 Å². The van der Waals surface area contributed by atoms with Crippen molar-refractivity contribution in [3.8, 4) is 5.69 Å². The quantitative estimate of drug-likeness (QED) is 0.860. The number of para-hydroxylation sites is 1. The van der Waals surface area contributed by atoms with Gasteiger partial charge in [-0.05, 0) is 57.0 Å². The van der Waals surface area contributed by atoms with E-state index < -0.39 is 0 Å². The van der Waals surface area contributed by atoms with Crippen molar-refractivity contribution < 1.29 is 4.79 Å². The number of amides is 1. The maximum atomic E-state index is 12.9. The van der Waals surface area contributed by atoms with Gasteiger partial charge in [0.2, 0.25) is 5.91 Å². The Morgan fingerprint density at radius 1 is 1.12 bits per heavy atom. The predicted molar refractivity (Wildman–Crippen MR) is 97.7 cm³/mol. The highest BCUT2D eigenvalue weighted by molar-refractivity contribution is 5.79. The summed E-state index contributed by atoms with van der Waals surface area (Å²) in [4.78, 5) is 17.5. The van der Waals surface area contributed by atoms with Crippen LogP contribution in [0.2, 0.25) is 0 Å². The van der Waals surface area contributed by atoms with Gasteiger partial charge in [0.05, 0.1) is 18.3 Å². The minimum Gasteiger partial charge on any atom is -0.338 e. The summed E-state index contributed by atoms with van der Waals surface area (Å²) in [6.45, 7) is 2.06. The Hall–Kier alpha value is -2.14. The molecule has 1 amide bonds. The molecular weight excluding hydrogens is 312 g/mol. The summed E-state index contributed by atoms with van der Waals surface area (Å²) in [5, 5.41) is 4.41. The Kier molecular flexibility index (Phi) is 4.57. The molecule has 4 rings (SSSR count). The highest BCUT2D eigenvalue weighted by atomic mass is 16.2. The number of carbonyl (C=O) groups excluding carboxylic acids is 1. The third-order valence-corrected chi connectivity index (χ3v) is 5.65. The summed E-state index contributed by atoms with van der Waals surface area (Å²) >= 11 is 0. The van der Waals surface area contributed by atoms with E-state index in [-0.39, 0.29) is 5.91 Å². The van der Waals surface area contributed by atoms with Gasteiger partial charge in [-0.15, -0.1) is 0 Å². The van der Waals surface area contributed by atoms with Crippen LogP contribution < -0.4 is 0 Å². The first-order valence-electron chi connectivity index (χ1n) is 9.31. The van der Waals surface area contributed by atoms with Crippen LogP contribution in [0.4, 0.5) is 0 Å². The van der Waals surface area contributed by atoms with Crippen LogP contribution in [0.3, 0.4) is 0 Å². The van der Waals surface area contributed by atoms with E-state index in [0.717, 1.165) is 37.2 Å². The Morgan fingerprint density at radius 2 is 1.88 bits per heavy atom. The van der Waals surface area contributed by atoms with Crippen molar-refractivity contribution in [2.75, 3.05) is 20.1 Å². The van der Waals surface area contributed by atoms with Crippen molar-refractivity contribution >= 4 is 5.91 Å². The van der Waals surface area contributed by atoms with Crippen LogP contribution in [0.15, 0.2) is 42.7 Å². The van der Waals surface area contributed by atoms with E-state index in [1.54, 1.807) is 0 Å². The zero-order valence-electron chi connectivity index (χ0n) is 14.8. The van der Waals surface area contributed by atoms with Crippen molar-refractivity contribution in [2.24, 2.45) is 0 Å². The lowest BCUT2D eigenvalue weighted by atomic mass is 10.0. The Morgan fingerprint density at radius 3 is 2.64 bits per heavy atom. The molecule has 25 heavy (non-hydrogen) atoms. The van der Waals surface area contributed by atoms with Crippen molar-refractivity contribution in [2.45, 2.75) is 44.2 Å². The Bertz CT molecular complexity index is 726. The smallest absolute Gasteiger partial charge is 0.227 e. The molecule has 0 bridgehead atoms. The molecule has 2 fully saturated rings. The second kappa shape index (κ2) is 7.00. The van der Waals surface area contributed by atoms with Gasteiger partial charge in [0.25, 0.3) is 0 Å². The molecule has 3 heterocycles. The largest absolute Gasteiger partial charge is 0.338 e. The number of nitrogens with zero attached hydrogens (tertiary/aromatic N) is 4. The van der Waals surface area contributed by atoms with Crippen LogP contribution >= 0.6 is 0 Å². The molecule has 1 aromatic heterocycles. The van der Waals surface area contributed by atoms with Gasteiger partial charge in [0, 0.05) is 24.8 Å². The normalized spacial score (nSPS) is 24.1. The van der Waals surface area contributed by atoms with Gasteiger partial charge in [0.1, 0.15) is 0 Å². The highest BCUT2D eigenvalue weighted by Crippen LogP contribution is 2.29. The monoisotopic (exact) mass is 338 g/mol. The second-order valence-corrected chi connectivity index (χ2v) is 7.29. The lowest BCUT2D eigenvalue weighted by Gasteiger charge is -2.33. The molecular formula is C20H26N4O. The van der Waals surface area contributed by atoms with Gasteiger partial charge in [-0.25, -0.2) is 4.68 Å². The molecule has 0 unspecified atom stereocenters. The van der Waals surface area contributed by atoms with E-state index in [4.69, 9.17) is 0 Å². The molecule has 0 spiro atoms. The topological polar surface area (TPSA) is 41.4 Å². The van der Waals surface area contributed by atoms with E-state index in [2.05, 4.69) is 21.9 Å². The second-order valence-electron chi connectivity index (χ2n) is 7.29. The maximum Gasteiger partial charge on any atom is 0.227 e. The molecule has 2 aliphatic rings. The lowest BCUT2D eigenvalue weighted by molar-refractivity contribution is -0.132. The van der Waals surface area contributed by atoms with E-state index in [1.165, 1.54) is 12.8 Å². The molecule has 1 aromatic carbocycles. The van der Waals surface area contributed by atoms with Crippen molar-refractivity contribution in [1.82, 2.24) is 19.6 Å². The summed E-state index contributed by atoms with van der Waals surface area (Å²) in [6.07, 6.45) is 8.98. The average Bonchev–Trinajstić information content (AvgIpc) is 3.35. The molecule has 2 saturated heterocycles. The number of likely N-dealkylation sites (tertiary alicyclic amines) is 2. The molecule has 2 aromatic rings. The maximum absolute atomic E-state index is 12.9. The number of benzene rings is 1. The molecule has 0 aliphatic carbocycles. The molecule has 0 N–H and O–H groups in total. The van der Waals surface area contributed by atoms with E-state index in [0.29, 0.717) is 18.5 Å². The van der Waals surface area contributed by atoms with Crippen LogP contribution in [0.5, 0.6) is 0 Å². The van der Waals surface area contributed by atoms with E-state index >= 15 is 0 Å². The molecule has 0 saturated carbocycles. The Labute approximate surface area is 149 Å². The molecule has 5 heteroatoms. The third kappa shape index (κ3) is 3.33. The number of likely N-dealkylation sites (N-methyl/N-ethyl adjacent to an activating group) is 1. The van der Waals surface area contributed by atoms with Gasteiger partial charge < -0.3 is 9.80 Å². The van der Waals surface area contributed by atoms with Crippen LogP contribution in [0, 0.1) is 0 Å². The third-order valence-electron chi connectivity index (χ3n) is 5.65. The summed E-state index contributed by atoms with van der Waals surface area (Å²) < 4.78 is 1.84. The van der Waals surface area contributed by atoms with Gasteiger partial charge >= 0.3 is 0 Å². The van der Waals surface area contributed by atoms with Crippen LogP contribution in [-0.4, -0.2) is 57.7 Å². The zero-order chi connectivity index (χ0) is 17.2. The molecule has 0 radical (unpaired) electrons. The van der Waals surface area contributed by atoms with E-state index in [1.807, 2.05) is 47.4 Å². The average molecular weight is 338 g/mol. The van der Waals surface area contributed by atoms with Crippen LogP contribution in [-0.2, 0) is 11.2 Å². The van der Waals surface area contributed by atoms with Crippen LogP contribution in [0.1, 0.15) is 31.2 Å². The van der Waals surface area contributed by atoms with Gasteiger partial charge in [-0.2, -0.15) is 5.10 Å². The first-order valence-corrected chi connectivity index (χ1v) is 9.31. The number of rotatable bonds is 4. The summed E-state index contributed by atoms with van der Waals surface area (Å²) in [6, 6.07) is 11.0. The minimum atomic E-state index is 0.246. The SMILES string of the molecule is CN1CCC[C@@H]1[C@@H]1CCCN1C(=O)Cc1cnn(-c2ccccc2)c1. The summed E-state index contributed by atoms with van der Waals surface area (Å²) in [5.74, 6) is 0.246. The first-order chi connectivity index (χ1) is 12.2. The lowest BCUT2D eigenvalue weighted by Crippen LogP contribution is -2.47. The predicted octanol–water partition coefficient (Wildman–Crippen LogP) is 2.50. The molecule has 132 valence electrons. The van der Waals surface area contributed by atoms with Crippen LogP contribution in [0.25, 0.3) is 5.69 Å². The fourth-order valence-electron chi connectivity index (χ4n) is 4.37. The Balaban J connectivity index is 1.44. The summed E-state index contributed by atoms with van der Waals surface area (Å²) in [5.41, 5.74) is 2.01. The zero-order valence-corrected chi connectivity index (χ0v) is 14.8. The fourth-order valence-corrected chi connectivity index (χ4v) is 4.37. The molecule has 2 atom stereocenters. The fraction of sp³-hybridized carbons (Fsp3) is 0.500. The highest BCUT2D eigenvalue weighted by Gasteiger charge is 2.38. The molecule has 5 nitrogen and oxygen atoms in total. The minimum absolute atomic E-state index is 0.246.